The maximum absolute atomic E-state index is 6.39. The fourth-order valence-electron chi connectivity index (χ4n) is 2.03. The number of benzene rings is 2. The minimum absolute atomic E-state index is 0.103. The van der Waals surface area contributed by atoms with Gasteiger partial charge in [0, 0.05) is 8.59 Å². The number of aryl methyl sites for hydroxylation is 2. The molecule has 0 amide bonds. The molecule has 0 aliphatic heterocycles. The minimum atomic E-state index is -0.103. The first-order chi connectivity index (χ1) is 8.50. The molecule has 18 heavy (non-hydrogen) atoms. The number of hydrogen-bond donors (Lipinski definition) is 1. The molecule has 1 nitrogen and oxygen atoms in total. The van der Waals surface area contributed by atoms with Crippen LogP contribution in [0.4, 0.5) is 0 Å². The number of halogens is 2. The normalized spacial score (nSPS) is 12.5. The standard InChI is InChI=1S/C15H15ClIN/c1-9-8-13(16)10(2)7-12(9)15(18)11-5-3-4-6-14(11)17/h3-8,15H,18H2,1-2H3. The van der Waals surface area contributed by atoms with Crippen molar-refractivity contribution in [3.63, 3.8) is 0 Å². The van der Waals surface area contributed by atoms with E-state index in [1.54, 1.807) is 0 Å². The predicted molar refractivity (Wildman–Crippen MR) is 86.1 cm³/mol. The molecule has 2 aromatic rings. The van der Waals surface area contributed by atoms with Gasteiger partial charge in [-0.1, -0.05) is 35.9 Å². The first-order valence-electron chi connectivity index (χ1n) is 5.77. The van der Waals surface area contributed by atoms with E-state index in [1.807, 2.05) is 25.1 Å². The summed E-state index contributed by atoms with van der Waals surface area (Å²) in [7, 11) is 0. The maximum Gasteiger partial charge on any atom is 0.0564 e. The monoisotopic (exact) mass is 371 g/mol. The quantitative estimate of drug-likeness (QED) is 0.767. The summed E-state index contributed by atoms with van der Waals surface area (Å²) >= 11 is 8.45. The highest BCUT2D eigenvalue weighted by Crippen LogP contribution is 2.29. The van der Waals surface area contributed by atoms with Crippen molar-refractivity contribution < 1.29 is 0 Å². The minimum Gasteiger partial charge on any atom is -0.320 e. The van der Waals surface area contributed by atoms with Gasteiger partial charge in [0.1, 0.15) is 0 Å². The lowest BCUT2D eigenvalue weighted by Gasteiger charge is -2.18. The first-order valence-corrected chi connectivity index (χ1v) is 7.23. The summed E-state index contributed by atoms with van der Waals surface area (Å²) in [5.74, 6) is 0. The molecule has 0 aliphatic rings. The van der Waals surface area contributed by atoms with Crippen LogP contribution in [0.3, 0.4) is 0 Å². The fourth-order valence-corrected chi connectivity index (χ4v) is 2.97. The molecule has 0 saturated carbocycles. The van der Waals surface area contributed by atoms with Crippen molar-refractivity contribution in [1.29, 1.82) is 0 Å². The molecule has 0 aliphatic carbocycles. The van der Waals surface area contributed by atoms with Crippen LogP contribution in [0, 0.1) is 17.4 Å². The molecule has 1 atom stereocenters. The average molecular weight is 372 g/mol. The van der Waals surface area contributed by atoms with Crippen molar-refractivity contribution in [3.8, 4) is 0 Å². The first kappa shape index (κ1) is 13.8. The van der Waals surface area contributed by atoms with Gasteiger partial charge in [0.25, 0.3) is 0 Å². The lowest BCUT2D eigenvalue weighted by molar-refractivity contribution is 0.854. The Morgan fingerprint density at radius 2 is 1.72 bits per heavy atom. The molecular weight excluding hydrogens is 357 g/mol. The Bertz CT molecular complexity index is 581. The lowest BCUT2D eigenvalue weighted by atomic mass is 9.94. The molecule has 2 N–H and O–H groups in total. The molecule has 94 valence electrons. The molecule has 0 saturated heterocycles. The third-order valence-corrected chi connectivity index (χ3v) is 4.51. The Morgan fingerprint density at radius 3 is 2.39 bits per heavy atom. The zero-order valence-corrected chi connectivity index (χ0v) is 13.3. The molecule has 0 bridgehead atoms. The molecule has 1 unspecified atom stereocenters. The molecule has 0 spiro atoms. The van der Waals surface area contributed by atoms with Gasteiger partial charge in [-0.15, -0.1) is 0 Å². The van der Waals surface area contributed by atoms with E-state index in [1.165, 1.54) is 3.57 Å². The molecule has 2 aromatic carbocycles. The van der Waals surface area contributed by atoms with Gasteiger partial charge in [-0.05, 0) is 70.8 Å². The van der Waals surface area contributed by atoms with E-state index in [0.29, 0.717) is 0 Å². The second-order valence-electron chi connectivity index (χ2n) is 4.46. The smallest absolute Gasteiger partial charge is 0.0564 e. The Hall–Kier alpha value is -0.580. The van der Waals surface area contributed by atoms with Gasteiger partial charge in [0.05, 0.1) is 6.04 Å². The van der Waals surface area contributed by atoms with Crippen molar-refractivity contribution >= 4 is 34.2 Å². The van der Waals surface area contributed by atoms with Gasteiger partial charge >= 0.3 is 0 Å². The summed E-state index contributed by atoms with van der Waals surface area (Å²) in [6, 6.07) is 12.2. The van der Waals surface area contributed by atoms with E-state index in [9.17, 15) is 0 Å². The van der Waals surface area contributed by atoms with Crippen LogP contribution in [0.2, 0.25) is 5.02 Å². The van der Waals surface area contributed by atoms with Crippen LogP contribution >= 0.6 is 34.2 Å². The van der Waals surface area contributed by atoms with E-state index in [0.717, 1.165) is 27.3 Å². The van der Waals surface area contributed by atoms with E-state index >= 15 is 0 Å². The van der Waals surface area contributed by atoms with Crippen LogP contribution in [-0.4, -0.2) is 0 Å². The van der Waals surface area contributed by atoms with Crippen LogP contribution in [0.5, 0.6) is 0 Å². The third kappa shape index (κ3) is 2.71. The summed E-state index contributed by atoms with van der Waals surface area (Å²) < 4.78 is 1.19. The predicted octanol–water partition coefficient (Wildman–Crippen LogP) is 4.61. The van der Waals surface area contributed by atoms with E-state index in [-0.39, 0.29) is 6.04 Å². The summed E-state index contributed by atoms with van der Waals surface area (Å²) in [6.45, 7) is 4.06. The molecule has 0 radical (unpaired) electrons. The summed E-state index contributed by atoms with van der Waals surface area (Å²) in [5, 5.41) is 0.797. The highest BCUT2D eigenvalue weighted by Gasteiger charge is 2.15. The zero-order valence-electron chi connectivity index (χ0n) is 10.4. The molecular formula is C15H15ClIN. The van der Waals surface area contributed by atoms with E-state index in [2.05, 4.69) is 47.7 Å². The Balaban J connectivity index is 2.50. The summed E-state index contributed by atoms with van der Waals surface area (Å²) in [4.78, 5) is 0. The van der Waals surface area contributed by atoms with Gasteiger partial charge in [-0.2, -0.15) is 0 Å². The van der Waals surface area contributed by atoms with E-state index in [4.69, 9.17) is 17.3 Å². The summed E-state index contributed by atoms with van der Waals surface area (Å²) in [5.41, 5.74) is 10.9. The van der Waals surface area contributed by atoms with Crippen molar-refractivity contribution in [1.82, 2.24) is 0 Å². The van der Waals surface area contributed by atoms with Crippen molar-refractivity contribution in [2.24, 2.45) is 5.73 Å². The highest BCUT2D eigenvalue weighted by molar-refractivity contribution is 14.1. The van der Waals surface area contributed by atoms with Gasteiger partial charge in [0.15, 0.2) is 0 Å². The SMILES string of the molecule is Cc1cc(C(N)c2ccccc2I)c(C)cc1Cl. The summed E-state index contributed by atoms with van der Waals surface area (Å²) in [6.07, 6.45) is 0. The van der Waals surface area contributed by atoms with Crippen LogP contribution in [0.1, 0.15) is 28.3 Å². The second-order valence-corrected chi connectivity index (χ2v) is 6.03. The zero-order chi connectivity index (χ0) is 13.3. The van der Waals surface area contributed by atoms with Crippen molar-refractivity contribution in [2.75, 3.05) is 0 Å². The second kappa shape index (κ2) is 5.59. The van der Waals surface area contributed by atoms with Gasteiger partial charge in [-0.25, -0.2) is 0 Å². The Labute approximate surface area is 126 Å². The lowest BCUT2D eigenvalue weighted by Crippen LogP contribution is -2.14. The number of hydrogen-bond acceptors (Lipinski definition) is 1. The largest absolute Gasteiger partial charge is 0.320 e. The molecule has 0 fully saturated rings. The van der Waals surface area contributed by atoms with Crippen molar-refractivity contribution in [2.45, 2.75) is 19.9 Å². The molecule has 0 heterocycles. The average Bonchev–Trinajstić information content (AvgIpc) is 2.33. The van der Waals surface area contributed by atoms with Crippen LogP contribution in [0.15, 0.2) is 36.4 Å². The Morgan fingerprint density at radius 1 is 1.06 bits per heavy atom. The highest BCUT2D eigenvalue weighted by atomic mass is 127. The number of nitrogens with two attached hydrogens (primary N) is 1. The van der Waals surface area contributed by atoms with Crippen molar-refractivity contribution in [3.05, 3.63) is 67.2 Å². The fraction of sp³-hybridized carbons (Fsp3) is 0.200. The molecule has 0 aromatic heterocycles. The third-order valence-electron chi connectivity index (χ3n) is 3.12. The van der Waals surface area contributed by atoms with Gasteiger partial charge in [0.2, 0.25) is 0 Å². The van der Waals surface area contributed by atoms with Crippen LogP contribution in [0.25, 0.3) is 0 Å². The Kier molecular flexibility index (Phi) is 4.30. The molecule has 2 rings (SSSR count). The maximum atomic E-state index is 6.39. The van der Waals surface area contributed by atoms with Crippen LogP contribution < -0.4 is 5.73 Å². The number of rotatable bonds is 2. The van der Waals surface area contributed by atoms with Crippen LogP contribution in [-0.2, 0) is 0 Å². The van der Waals surface area contributed by atoms with Gasteiger partial charge < -0.3 is 5.73 Å². The topological polar surface area (TPSA) is 26.0 Å². The van der Waals surface area contributed by atoms with Gasteiger partial charge in [-0.3, -0.25) is 0 Å². The van der Waals surface area contributed by atoms with E-state index < -0.39 is 0 Å². The molecule has 3 heteroatoms.